The summed E-state index contributed by atoms with van der Waals surface area (Å²) >= 11 is 3.32. The van der Waals surface area contributed by atoms with Crippen molar-refractivity contribution in [2.45, 2.75) is 285 Å². The molecule has 6 heterocycles. The van der Waals surface area contributed by atoms with E-state index in [4.69, 9.17) is 0 Å². The van der Waals surface area contributed by atoms with Crippen molar-refractivity contribution in [3.63, 3.8) is 0 Å². The molecule has 14 heteroatoms. The normalized spacial score (nSPS) is 13.1. The summed E-state index contributed by atoms with van der Waals surface area (Å²) < 4.78 is 10.2. The number of thiophene rings is 2. The van der Waals surface area contributed by atoms with Crippen LogP contribution in [-0.4, -0.2) is 18.3 Å². The largest absolute Gasteiger partial charge is 0.271 e. The fourth-order valence-electron chi connectivity index (χ4n) is 21.5. The van der Waals surface area contributed by atoms with Gasteiger partial charge in [-0.3, -0.25) is 56.6 Å². The van der Waals surface area contributed by atoms with Gasteiger partial charge in [-0.05, 0) is 165 Å². The molecule has 0 aliphatic carbocycles. The molecule has 0 fully saturated rings. The second-order valence-corrected chi connectivity index (χ2v) is 35.8. The first-order valence-electron chi connectivity index (χ1n) is 43.4. The summed E-state index contributed by atoms with van der Waals surface area (Å²) in [5.74, 6) is 0. The summed E-state index contributed by atoms with van der Waals surface area (Å²) in [5.41, 5.74) is -2.24. The van der Waals surface area contributed by atoms with Crippen molar-refractivity contribution in [3.05, 3.63) is 156 Å². The van der Waals surface area contributed by atoms with Gasteiger partial charge >= 0.3 is 0 Å². The van der Waals surface area contributed by atoms with Crippen LogP contribution in [0, 0.1) is 0 Å². The third kappa shape index (κ3) is 11.0. The van der Waals surface area contributed by atoms with Crippen LogP contribution in [-0.2, 0) is 0 Å². The molecule has 0 aliphatic rings. The summed E-state index contributed by atoms with van der Waals surface area (Å²) in [5, 5.41) is 21.9. The number of nitrogens with zero attached hydrogens (tertiary/aromatic N) is 4. The van der Waals surface area contributed by atoms with E-state index in [1.54, 1.807) is 40.9 Å². The molecule has 0 unspecified atom stereocenters. The van der Waals surface area contributed by atoms with Gasteiger partial charge < -0.3 is 0 Å². The van der Waals surface area contributed by atoms with Gasteiger partial charge in [0.05, 0.1) is 9.40 Å². The van der Waals surface area contributed by atoms with Crippen molar-refractivity contribution in [1.29, 1.82) is 0 Å². The molecule has 0 aliphatic heterocycles. The Bertz CT molecular complexity index is 6730. The van der Waals surface area contributed by atoms with Crippen LogP contribution in [0.1, 0.15) is 285 Å². The summed E-state index contributed by atoms with van der Waals surface area (Å²) in [4.78, 5) is 128. The Balaban J connectivity index is 1.05. The Morgan fingerprint density at radius 1 is 0.196 bits per heavy atom. The minimum atomic E-state index is -0.304. The number of hydrogen-bond acceptors (Lipinski definition) is 10. The summed E-state index contributed by atoms with van der Waals surface area (Å²) in [7, 11) is 0. The Kier molecular flexibility index (Phi) is 19.8. The molecule has 18 aromatic rings. The molecular formula is C98H104N4O8S2. The van der Waals surface area contributed by atoms with Gasteiger partial charge in [0.25, 0.3) is 44.5 Å². The van der Waals surface area contributed by atoms with Crippen LogP contribution in [0.25, 0.3) is 180 Å². The van der Waals surface area contributed by atoms with Crippen molar-refractivity contribution in [2.24, 2.45) is 0 Å². The smallest absolute Gasteiger partial charge is 0.261 e. The summed E-state index contributed by atoms with van der Waals surface area (Å²) in [6, 6.07) is 23.2. The molecule has 0 saturated heterocycles. The van der Waals surface area contributed by atoms with Gasteiger partial charge in [0.1, 0.15) is 0 Å². The van der Waals surface area contributed by atoms with Crippen LogP contribution in [0.5, 0.6) is 0 Å². The fraction of sp³-hybridized carbons (Fsp3) is 0.449. The number of fused-ring (bicyclic) bond motifs is 11. The Morgan fingerprint density at radius 2 is 0.375 bits per heavy atom. The molecular weight excluding hydrogens is 1430 g/mol. The SMILES string of the molecule is CCCCCC(CCCCC)n1c(=O)c2ccc3c4ccc5c(=O)n(C(CCCCC)CCCCC)c(=O)c6cc7c8c(sc9c8sc8c%10cc%11c(=O)n(C(CCCCC)CCCCC)c(=O)c%12ccc%13c%14ccc%15c(=O)n(C(CCCCC)CCCCC)c(=O)c%16cc(c89)c(c%14c%15%16)c%10c%13c%12%11)c8cc(c1=O)c2c3c8c7c4c56. The predicted octanol–water partition coefficient (Wildman–Crippen LogP) is 25.8. The van der Waals surface area contributed by atoms with Crippen molar-refractivity contribution < 1.29 is 0 Å². The molecule has 0 spiro atoms. The Morgan fingerprint density at radius 3 is 0.589 bits per heavy atom. The average Bonchev–Trinajstić information content (AvgIpc) is 1.28. The zero-order valence-corrected chi connectivity index (χ0v) is 68.4. The van der Waals surface area contributed by atoms with Crippen LogP contribution in [0.15, 0.2) is 111 Å². The molecule has 0 saturated carbocycles. The molecule has 18 rings (SSSR count). The van der Waals surface area contributed by atoms with Crippen LogP contribution in [0.2, 0.25) is 0 Å². The standard InChI is InChI=1S/C98H104N4O8S2/c1-9-17-25-33-53(34-26-18-10-2)99-91(103)61-45-41-57-59-43-47-63-75-71(97(109)101(93(63)105)55(37-29-21-13-5)38-30-22-14-6)51-67-83(79(59)75)81-65(49-69(95(99)107)73(61)77(57)81)85-87(67)111-90-86-66-50-70-74-62(92(104)100(96(70)108)54(35-27-19-11-3)36-28-20-12-4)46-42-58-60-44-48-64-76-72(52-68(88(86)112-89(85)90)84(80(60)76)82(66)78(58)74)98(110)102(94(64)106)56(39-31-23-15-7)40-32-24-16-8/h41-56H,9-40H2,1-8H3. The van der Waals surface area contributed by atoms with Crippen molar-refractivity contribution in [3.8, 4) is 0 Å². The highest BCUT2D eigenvalue weighted by atomic mass is 32.1. The maximum atomic E-state index is 16.4. The Labute approximate surface area is 657 Å². The van der Waals surface area contributed by atoms with E-state index < -0.39 is 0 Å². The van der Waals surface area contributed by atoms with Gasteiger partial charge in [-0.15, -0.1) is 22.7 Å². The van der Waals surface area contributed by atoms with E-state index in [2.05, 4.69) is 104 Å². The van der Waals surface area contributed by atoms with Gasteiger partial charge in [0, 0.05) is 131 Å². The maximum absolute atomic E-state index is 16.4. The number of pyridine rings is 4. The third-order valence-electron chi connectivity index (χ3n) is 26.9. The molecule has 0 bridgehead atoms. The van der Waals surface area contributed by atoms with Gasteiger partial charge in [-0.2, -0.15) is 0 Å². The van der Waals surface area contributed by atoms with E-state index >= 15 is 38.4 Å². The minimum Gasteiger partial charge on any atom is -0.271 e. The predicted molar refractivity (Wildman–Crippen MR) is 481 cm³/mol. The molecule has 0 radical (unpaired) electrons. The average molecular weight is 1530 g/mol. The number of benzene rings is 12. The second-order valence-electron chi connectivity index (χ2n) is 33.8. The molecule has 6 aromatic heterocycles. The molecule has 576 valence electrons. The van der Waals surface area contributed by atoms with Crippen LogP contribution >= 0.6 is 22.7 Å². The monoisotopic (exact) mass is 1530 g/mol. The molecule has 0 N–H and O–H groups in total. The molecule has 112 heavy (non-hydrogen) atoms. The molecule has 0 atom stereocenters. The first-order valence-corrected chi connectivity index (χ1v) is 45.0. The number of hydrogen-bond donors (Lipinski definition) is 0. The minimum absolute atomic E-state index is 0.268. The van der Waals surface area contributed by atoms with Crippen molar-refractivity contribution in [2.75, 3.05) is 0 Å². The lowest BCUT2D eigenvalue weighted by Crippen LogP contribution is -2.37. The fourth-order valence-corrected chi connectivity index (χ4v) is 24.5. The van der Waals surface area contributed by atoms with Crippen LogP contribution < -0.4 is 44.5 Å². The number of unbranched alkanes of at least 4 members (excludes halogenated alkanes) is 16. The van der Waals surface area contributed by atoms with Gasteiger partial charge in [0.15, 0.2) is 0 Å². The molecule has 0 amide bonds. The van der Waals surface area contributed by atoms with Gasteiger partial charge in [-0.25, -0.2) is 0 Å². The van der Waals surface area contributed by atoms with E-state index in [-0.39, 0.29) is 68.6 Å². The lowest BCUT2D eigenvalue weighted by Gasteiger charge is -2.25. The highest BCUT2D eigenvalue weighted by Gasteiger charge is 2.35. The van der Waals surface area contributed by atoms with Crippen LogP contribution in [0.3, 0.4) is 0 Å². The lowest BCUT2D eigenvalue weighted by atomic mass is 9.81. The maximum Gasteiger partial charge on any atom is 0.261 e. The number of aromatic nitrogens is 4. The van der Waals surface area contributed by atoms with Gasteiger partial charge in [-0.1, -0.05) is 234 Å². The van der Waals surface area contributed by atoms with Crippen LogP contribution in [0.4, 0.5) is 0 Å². The zero-order valence-electron chi connectivity index (χ0n) is 66.7. The van der Waals surface area contributed by atoms with Crippen molar-refractivity contribution in [1.82, 2.24) is 18.3 Å². The highest BCUT2D eigenvalue weighted by Crippen LogP contribution is 2.60. The quantitative estimate of drug-likeness (QED) is 0.0213. The summed E-state index contributed by atoms with van der Waals surface area (Å²) in [6.45, 7) is 17.5. The summed E-state index contributed by atoms with van der Waals surface area (Å²) in [6.07, 6.45) is 28.9. The topological polar surface area (TPSA) is 156 Å². The third-order valence-corrected chi connectivity index (χ3v) is 29.6. The first kappa shape index (κ1) is 74.4. The highest BCUT2D eigenvalue weighted by molar-refractivity contribution is 7.38. The molecule has 12 nitrogen and oxygen atoms in total. The number of rotatable bonds is 36. The van der Waals surface area contributed by atoms with E-state index in [1.807, 2.05) is 24.3 Å². The second kappa shape index (κ2) is 29.8. The van der Waals surface area contributed by atoms with Gasteiger partial charge in [0.2, 0.25) is 0 Å². The van der Waals surface area contributed by atoms with E-state index in [1.165, 1.54) is 0 Å². The first-order chi connectivity index (χ1) is 54.7. The van der Waals surface area contributed by atoms with E-state index in [0.29, 0.717) is 90.3 Å². The van der Waals surface area contributed by atoms with E-state index in [9.17, 15) is 0 Å². The van der Waals surface area contributed by atoms with E-state index in [0.717, 1.165) is 296 Å². The Hall–Kier alpha value is -8.98. The molecule has 12 aromatic carbocycles. The van der Waals surface area contributed by atoms with Crippen molar-refractivity contribution >= 4 is 203 Å². The lowest BCUT2D eigenvalue weighted by molar-refractivity contribution is 0.387. The zero-order chi connectivity index (χ0) is 77.4.